The lowest BCUT2D eigenvalue weighted by atomic mass is 10.0. The molecule has 12 heteroatoms. The number of ether oxygens (including phenoxy) is 3. The Morgan fingerprint density at radius 2 is 1.67 bits per heavy atom. The average Bonchev–Trinajstić information content (AvgIpc) is 3.18. The molecule has 2 heterocycles. The molecular formula is C24H22N6O6. The first kappa shape index (κ1) is 24.5. The minimum Gasteiger partial charge on any atom is -0.451 e. The summed E-state index contributed by atoms with van der Waals surface area (Å²) in [6.07, 6.45) is -2.82. The molecule has 1 fully saturated rings. The van der Waals surface area contributed by atoms with Gasteiger partial charge in [-0.25, -0.2) is 14.4 Å². The predicted octanol–water partition coefficient (Wildman–Crippen LogP) is 3.22. The van der Waals surface area contributed by atoms with Crippen LogP contribution in [-0.4, -0.2) is 39.4 Å². The van der Waals surface area contributed by atoms with Crippen LogP contribution in [0.25, 0.3) is 10.4 Å². The number of aromatic nitrogens is 2. The van der Waals surface area contributed by atoms with Crippen LogP contribution in [0.5, 0.6) is 0 Å². The lowest BCUT2D eigenvalue weighted by Gasteiger charge is -2.29. The van der Waals surface area contributed by atoms with Gasteiger partial charge in [-0.2, -0.15) is 4.98 Å². The monoisotopic (exact) mass is 490 g/mol. The summed E-state index contributed by atoms with van der Waals surface area (Å²) in [6, 6.07) is 17.6. The second kappa shape index (κ2) is 10.3. The fraction of sp³-hybridized carbons (Fsp3) is 0.250. The van der Waals surface area contributed by atoms with Crippen molar-refractivity contribution in [1.29, 1.82) is 0 Å². The molecule has 36 heavy (non-hydrogen) atoms. The Morgan fingerprint density at radius 3 is 2.19 bits per heavy atom. The van der Waals surface area contributed by atoms with E-state index in [0.717, 1.165) is 4.57 Å². The summed E-state index contributed by atoms with van der Waals surface area (Å²) < 4.78 is 18.6. The van der Waals surface area contributed by atoms with Gasteiger partial charge >= 0.3 is 17.6 Å². The third-order valence-corrected chi connectivity index (χ3v) is 5.69. The van der Waals surface area contributed by atoms with Gasteiger partial charge in [0.15, 0.2) is 24.2 Å². The zero-order valence-corrected chi connectivity index (χ0v) is 19.1. The van der Waals surface area contributed by atoms with E-state index in [1.807, 2.05) is 0 Å². The lowest BCUT2D eigenvalue weighted by molar-refractivity contribution is -0.106. The Bertz CT molecular complexity index is 1360. The summed E-state index contributed by atoms with van der Waals surface area (Å²) in [4.78, 5) is 45.3. The number of azide groups is 1. The third kappa shape index (κ3) is 4.76. The molecule has 0 amide bonds. The van der Waals surface area contributed by atoms with Crippen LogP contribution in [0.15, 0.2) is 82.8 Å². The van der Waals surface area contributed by atoms with Crippen molar-refractivity contribution in [2.75, 3.05) is 5.73 Å². The number of nitrogens with zero attached hydrogens (tertiary/aromatic N) is 5. The van der Waals surface area contributed by atoms with Crippen molar-refractivity contribution in [2.45, 2.75) is 37.5 Å². The Labute approximate surface area is 204 Å². The van der Waals surface area contributed by atoms with Gasteiger partial charge < -0.3 is 19.9 Å². The summed E-state index contributed by atoms with van der Waals surface area (Å²) in [5, 5.41) is 3.78. The van der Waals surface area contributed by atoms with Crippen LogP contribution in [0.1, 0.15) is 40.3 Å². The number of hydrogen-bond acceptors (Lipinski definition) is 9. The molecule has 0 unspecified atom stereocenters. The first-order valence-electron chi connectivity index (χ1n) is 11.0. The smallest absolute Gasteiger partial charge is 0.351 e. The Morgan fingerprint density at radius 1 is 1.08 bits per heavy atom. The van der Waals surface area contributed by atoms with Crippen molar-refractivity contribution >= 4 is 17.8 Å². The highest BCUT2D eigenvalue weighted by atomic mass is 16.7. The number of hydrogen-bond donors (Lipinski definition) is 1. The van der Waals surface area contributed by atoms with Crippen molar-refractivity contribution in [2.24, 2.45) is 5.11 Å². The number of benzene rings is 2. The fourth-order valence-corrected chi connectivity index (χ4v) is 3.90. The Hall–Kier alpha value is -4.67. The molecule has 1 saturated heterocycles. The number of anilines is 1. The molecule has 2 aromatic carbocycles. The number of nitrogens with two attached hydrogens (primary N) is 1. The number of nitrogen functional groups attached to an aromatic ring is 1. The van der Waals surface area contributed by atoms with E-state index in [9.17, 15) is 19.9 Å². The number of esters is 2. The molecule has 1 aliphatic rings. The first-order valence-corrected chi connectivity index (χ1v) is 11.0. The van der Waals surface area contributed by atoms with E-state index in [-0.39, 0.29) is 23.4 Å². The Kier molecular flexibility index (Phi) is 7.00. The van der Waals surface area contributed by atoms with Gasteiger partial charge in [0.05, 0.1) is 11.1 Å². The molecule has 0 saturated carbocycles. The molecule has 0 aliphatic carbocycles. The Balaban J connectivity index is 1.81. The van der Waals surface area contributed by atoms with E-state index in [1.165, 1.54) is 36.5 Å². The van der Waals surface area contributed by atoms with Crippen molar-refractivity contribution < 1.29 is 23.8 Å². The van der Waals surface area contributed by atoms with Gasteiger partial charge in [0.25, 0.3) is 0 Å². The highest BCUT2D eigenvalue weighted by Gasteiger charge is 2.59. The summed E-state index contributed by atoms with van der Waals surface area (Å²) in [5.41, 5.74) is 12.8. The normalized spacial score (nSPS) is 22.9. The summed E-state index contributed by atoms with van der Waals surface area (Å²) in [7, 11) is 0. The SMILES string of the molecule is CC[C@@]1(N=[N+]=[N-])O[C@@H](n2ccc(N)nc2=O)[C@H](OC(=O)c2ccccc2)[C@@H]1OC(=O)c1ccccc1. The zero-order chi connectivity index (χ0) is 25.7. The van der Waals surface area contributed by atoms with Crippen LogP contribution in [0.2, 0.25) is 0 Å². The lowest BCUT2D eigenvalue weighted by Crippen LogP contribution is -2.46. The quantitative estimate of drug-likeness (QED) is 0.227. The van der Waals surface area contributed by atoms with Gasteiger partial charge in [0.2, 0.25) is 0 Å². The zero-order valence-electron chi connectivity index (χ0n) is 19.1. The van der Waals surface area contributed by atoms with E-state index >= 15 is 0 Å². The topological polar surface area (TPSA) is 171 Å². The third-order valence-electron chi connectivity index (χ3n) is 5.69. The van der Waals surface area contributed by atoms with E-state index in [0.29, 0.717) is 0 Å². The fourth-order valence-electron chi connectivity index (χ4n) is 3.90. The second-order valence-corrected chi connectivity index (χ2v) is 7.87. The largest absolute Gasteiger partial charge is 0.451 e. The van der Waals surface area contributed by atoms with Crippen molar-refractivity contribution in [3.05, 3.63) is 105 Å². The van der Waals surface area contributed by atoms with Gasteiger partial charge in [0, 0.05) is 11.1 Å². The van der Waals surface area contributed by atoms with E-state index < -0.39 is 41.8 Å². The molecule has 4 rings (SSSR count). The van der Waals surface area contributed by atoms with Gasteiger partial charge in [-0.3, -0.25) is 4.57 Å². The molecule has 2 N–H and O–H groups in total. The molecular weight excluding hydrogens is 468 g/mol. The molecule has 1 aliphatic heterocycles. The van der Waals surface area contributed by atoms with Crippen LogP contribution in [-0.2, 0) is 14.2 Å². The molecule has 0 bridgehead atoms. The number of carbonyl (C=O) groups is 2. The van der Waals surface area contributed by atoms with E-state index in [4.69, 9.17) is 19.9 Å². The highest BCUT2D eigenvalue weighted by molar-refractivity contribution is 5.90. The minimum atomic E-state index is -1.80. The maximum atomic E-state index is 13.0. The van der Waals surface area contributed by atoms with Crippen molar-refractivity contribution in [3.63, 3.8) is 0 Å². The van der Waals surface area contributed by atoms with Crippen molar-refractivity contribution in [1.82, 2.24) is 9.55 Å². The highest BCUT2D eigenvalue weighted by Crippen LogP contribution is 2.44. The molecule has 4 atom stereocenters. The van der Waals surface area contributed by atoms with Crippen molar-refractivity contribution in [3.8, 4) is 0 Å². The maximum absolute atomic E-state index is 13.0. The molecule has 3 aromatic rings. The van der Waals surface area contributed by atoms with Gasteiger partial charge in [-0.1, -0.05) is 48.4 Å². The van der Waals surface area contributed by atoms with E-state index in [1.54, 1.807) is 43.3 Å². The van der Waals surface area contributed by atoms with E-state index in [2.05, 4.69) is 15.0 Å². The summed E-state index contributed by atoms with van der Waals surface area (Å²) in [6.45, 7) is 1.64. The maximum Gasteiger partial charge on any atom is 0.351 e. The van der Waals surface area contributed by atoms with Crippen LogP contribution < -0.4 is 11.4 Å². The standard InChI is InChI=1S/C24H22N6O6/c1-2-24(28-29-26)19(35-22(32)16-11-7-4-8-12-16)18(34-21(31)15-9-5-3-6-10-15)20(36-24)30-14-13-17(25)27-23(30)33/h3-14,18-20H,2H2,1H3,(H2,25,27,33)/t18-,19+,20-,24-/m1/s1. The van der Waals surface area contributed by atoms with Gasteiger partial charge in [0.1, 0.15) is 5.82 Å². The molecule has 1 aromatic heterocycles. The van der Waals surface area contributed by atoms with Crippen LogP contribution in [0, 0.1) is 0 Å². The number of rotatable bonds is 7. The average molecular weight is 490 g/mol. The van der Waals surface area contributed by atoms with Crippen LogP contribution in [0.3, 0.4) is 0 Å². The summed E-state index contributed by atoms with van der Waals surface area (Å²) in [5.74, 6) is -1.56. The summed E-state index contributed by atoms with van der Waals surface area (Å²) >= 11 is 0. The van der Waals surface area contributed by atoms with Gasteiger partial charge in [-0.05, 0) is 42.3 Å². The molecule has 0 spiro atoms. The molecule has 184 valence electrons. The number of carbonyl (C=O) groups excluding carboxylic acids is 2. The molecule has 12 nitrogen and oxygen atoms in total. The second-order valence-electron chi connectivity index (χ2n) is 7.87. The molecule has 0 radical (unpaired) electrons. The van der Waals surface area contributed by atoms with Gasteiger partial charge in [-0.15, -0.1) is 0 Å². The predicted molar refractivity (Wildman–Crippen MR) is 126 cm³/mol. The van der Waals surface area contributed by atoms with Crippen LogP contribution in [0.4, 0.5) is 5.82 Å². The van der Waals surface area contributed by atoms with Crippen LogP contribution >= 0.6 is 0 Å². The minimum absolute atomic E-state index is 0.0246. The first-order chi connectivity index (χ1) is 17.4.